The molecule has 0 spiro atoms. The van der Waals surface area contributed by atoms with Crippen molar-refractivity contribution in [1.29, 1.82) is 0 Å². The van der Waals surface area contributed by atoms with Crippen molar-refractivity contribution in [2.75, 3.05) is 38.1 Å². The highest BCUT2D eigenvalue weighted by molar-refractivity contribution is 7.12. The first-order chi connectivity index (χ1) is 12.6. The molecule has 0 unspecified atom stereocenters. The van der Waals surface area contributed by atoms with Gasteiger partial charge in [-0.3, -0.25) is 14.9 Å². The Kier molecular flexibility index (Phi) is 5.52. The molecule has 1 saturated heterocycles. The van der Waals surface area contributed by atoms with Gasteiger partial charge in [0.25, 0.3) is 11.8 Å². The number of hydrogen-bond donors (Lipinski definition) is 1. The number of anilines is 1. The molecule has 1 N–H and O–H groups in total. The van der Waals surface area contributed by atoms with Gasteiger partial charge in [0.15, 0.2) is 5.69 Å². The summed E-state index contributed by atoms with van der Waals surface area (Å²) in [6.07, 6.45) is 0.837. The molecule has 26 heavy (non-hydrogen) atoms. The van der Waals surface area contributed by atoms with Crippen LogP contribution in [0.4, 0.5) is 10.8 Å². The topological polar surface area (TPSA) is 105 Å². The number of carbonyl (C=O) groups is 3. The maximum Gasteiger partial charge on any atom is 0.409 e. The highest BCUT2D eigenvalue weighted by Crippen LogP contribution is 2.15. The second kappa shape index (κ2) is 8.00. The van der Waals surface area contributed by atoms with Gasteiger partial charge in [-0.25, -0.2) is 4.79 Å². The normalized spacial score (nSPS) is 14.2. The van der Waals surface area contributed by atoms with Crippen molar-refractivity contribution < 1.29 is 23.5 Å². The summed E-state index contributed by atoms with van der Waals surface area (Å²) in [7, 11) is 0. The molecule has 0 aromatic carbocycles. The van der Waals surface area contributed by atoms with Crippen LogP contribution in [0.5, 0.6) is 0 Å². The maximum atomic E-state index is 12.5. The van der Waals surface area contributed by atoms with Gasteiger partial charge in [0.2, 0.25) is 0 Å². The number of thiophene rings is 1. The quantitative estimate of drug-likeness (QED) is 0.871. The third kappa shape index (κ3) is 4.02. The van der Waals surface area contributed by atoms with E-state index in [9.17, 15) is 14.4 Å². The number of oxazole rings is 1. The number of nitrogens with one attached hydrogen (secondary N) is 1. The Bertz CT molecular complexity index is 780. The van der Waals surface area contributed by atoms with Crippen molar-refractivity contribution >= 4 is 35.3 Å². The van der Waals surface area contributed by atoms with Gasteiger partial charge >= 0.3 is 12.1 Å². The van der Waals surface area contributed by atoms with Gasteiger partial charge in [0.1, 0.15) is 6.26 Å². The Morgan fingerprint density at radius 2 is 2.00 bits per heavy atom. The molecule has 2 aromatic heterocycles. The van der Waals surface area contributed by atoms with Crippen LogP contribution in [-0.4, -0.2) is 65.5 Å². The number of piperazine rings is 1. The van der Waals surface area contributed by atoms with Gasteiger partial charge in [0.05, 0.1) is 11.5 Å². The molecule has 3 amide bonds. The lowest BCUT2D eigenvalue weighted by molar-refractivity contribution is 0.0566. The van der Waals surface area contributed by atoms with E-state index in [2.05, 4.69) is 10.3 Å². The monoisotopic (exact) mass is 378 g/mol. The number of carbonyl (C=O) groups excluding carboxylic acids is 3. The summed E-state index contributed by atoms with van der Waals surface area (Å²) in [6, 6.07) is 3.41. The fourth-order valence-electron chi connectivity index (χ4n) is 2.46. The molecule has 1 aliphatic rings. The molecular weight excluding hydrogens is 360 g/mol. The SMILES string of the molecule is CCOC(=O)N1CCN(C(=O)c2coc(NC(=O)c3cccs3)n2)CC1. The van der Waals surface area contributed by atoms with E-state index >= 15 is 0 Å². The summed E-state index contributed by atoms with van der Waals surface area (Å²) >= 11 is 1.29. The largest absolute Gasteiger partial charge is 0.450 e. The molecule has 3 rings (SSSR count). The van der Waals surface area contributed by atoms with Crippen molar-refractivity contribution in [3.05, 3.63) is 34.3 Å². The summed E-state index contributed by atoms with van der Waals surface area (Å²) < 4.78 is 10.1. The lowest BCUT2D eigenvalue weighted by Gasteiger charge is -2.33. The summed E-state index contributed by atoms with van der Waals surface area (Å²) in [5.74, 6) is -0.655. The minimum Gasteiger partial charge on any atom is -0.450 e. The van der Waals surface area contributed by atoms with Crippen molar-refractivity contribution in [2.45, 2.75) is 6.92 Å². The van der Waals surface area contributed by atoms with E-state index in [1.807, 2.05) is 0 Å². The average Bonchev–Trinajstić information content (AvgIpc) is 3.33. The zero-order valence-electron chi connectivity index (χ0n) is 14.1. The van der Waals surface area contributed by atoms with Gasteiger partial charge in [-0.15, -0.1) is 11.3 Å². The predicted molar refractivity (Wildman–Crippen MR) is 93.3 cm³/mol. The Hall–Kier alpha value is -2.88. The number of aromatic nitrogens is 1. The van der Waals surface area contributed by atoms with E-state index in [0.29, 0.717) is 37.7 Å². The summed E-state index contributed by atoms with van der Waals surface area (Å²) in [4.78, 5) is 43.8. The second-order valence-electron chi connectivity index (χ2n) is 5.45. The molecule has 0 bridgehead atoms. The lowest BCUT2D eigenvalue weighted by Crippen LogP contribution is -2.50. The fraction of sp³-hybridized carbons (Fsp3) is 0.375. The van der Waals surface area contributed by atoms with E-state index in [4.69, 9.17) is 9.15 Å². The van der Waals surface area contributed by atoms with Crippen LogP contribution in [0.2, 0.25) is 0 Å². The zero-order valence-corrected chi connectivity index (χ0v) is 15.0. The zero-order chi connectivity index (χ0) is 18.5. The molecule has 0 atom stereocenters. The van der Waals surface area contributed by atoms with Gasteiger partial charge in [-0.1, -0.05) is 6.07 Å². The molecule has 1 aliphatic heterocycles. The Morgan fingerprint density at radius 1 is 1.27 bits per heavy atom. The van der Waals surface area contributed by atoms with E-state index < -0.39 is 0 Å². The first kappa shape index (κ1) is 17.9. The number of ether oxygens (including phenoxy) is 1. The molecule has 138 valence electrons. The third-order valence-electron chi connectivity index (χ3n) is 3.78. The minimum absolute atomic E-state index is 0.0306. The average molecular weight is 378 g/mol. The smallest absolute Gasteiger partial charge is 0.409 e. The molecule has 10 heteroatoms. The number of hydrogen-bond acceptors (Lipinski definition) is 7. The van der Waals surface area contributed by atoms with E-state index in [1.165, 1.54) is 17.6 Å². The molecule has 0 radical (unpaired) electrons. The van der Waals surface area contributed by atoms with Crippen LogP contribution in [0.3, 0.4) is 0 Å². The van der Waals surface area contributed by atoms with E-state index in [-0.39, 0.29) is 29.6 Å². The summed E-state index contributed by atoms with van der Waals surface area (Å²) in [5, 5.41) is 4.30. The van der Waals surface area contributed by atoms with Gasteiger partial charge < -0.3 is 19.0 Å². The predicted octanol–water partition coefficient (Wildman–Crippen LogP) is 1.90. The van der Waals surface area contributed by atoms with Crippen LogP contribution in [-0.2, 0) is 4.74 Å². The van der Waals surface area contributed by atoms with E-state index in [1.54, 1.807) is 34.2 Å². The molecule has 9 nitrogen and oxygen atoms in total. The lowest BCUT2D eigenvalue weighted by atomic mass is 10.3. The molecular formula is C16H18N4O5S. The fourth-order valence-corrected chi connectivity index (χ4v) is 3.08. The number of rotatable bonds is 4. The van der Waals surface area contributed by atoms with Crippen LogP contribution in [0.1, 0.15) is 27.1 Å². The number of nitrogens with zero attached hydrogens (tertiary/aromatic N) is 3. The number of amides is 3. The summed E-state index contributed by atoms with van der Waals surface area (Å²) in [5.41, 5.74) is 0.107. The first-order valence-electron chi connectivity index (χ1n) is 8.10. The highest BCUT2D eigenvalue weighted by Gasteiger charge is 2.27. The van der Waals surface area contributed by atoms with Crippen molar-refractivity contribution in [1.82, 2.24) is 14.8 Å². The van der Waals surface area contributed by atoms with Gasteiger partial charge in [0, 0.05) is 26.2 Å². The molecule has 3 heterocycles. The summed E-state index contributed by atoms with van der Waals surface area (Å²) in [6.45, 7) is 3.60. The van der Waals surface area contributed by atoms with Gasteiger partial charge in [-0.05, 0) is 18.4 Å². The van der Waals surface area contributed by atoms with Crippen LogP contribution in [0.15, 0.2) is 28.2 Å². The highest BCUT2D eigenvalue weighted by atomic mass is 32.1. The first-order valence-corrected chi connectivity index (χ1v) is 8.97. The maximum absolute atomic E-state index is 12.5. The van der Waals surface area contributed by atoms with Crippen molar-refractivity contribution in [3.63, 3.8) is 0 Å². The van der Waals surface area contributed by atoms with E-state index in [0.717, 1.165) is 0 Å². The van der Waals surface area contributed by atoms with Crippen molar-refractivity contribution in [3.8, 4) is 0 Å². The second-order valence-corrected chi connectivity index (χ2v) is 6.40. The molecule has 2 aromatic rings. The Morgan fingerprint density at radius 3 is 2.65 bits per heavy atom. The van der Waals surface area contributed by atoms with Crippen molar-refractivity contribution in [2.24, 2.45) is 0 Å². The Labute approximate surface area is 153 Å². The molecule has 0 aliphatic carbocycles. The van der Waals surface area contributed by atoms with Crippen LogP contribution < -0.4 is 5.32 Å². The Balaban J connectivity index is 1.55. The third-order valence-corrected chi connectivity index (χ3v) is 4.65. The van der Waals surface area contributed by atoms with Crippen LogP contribution in [0.25, 0.3) is 0 Å². The van der Waals surface area contributed by atoms with Crippen LogP contribution >= 0.6 is 11.3 Å². The standard InChI is InChI=1S/C16H18N4O5S/c1-2-24-16(23)20-7-5-19(6-8-20)14(22)11-10-25-15(17-11)18-13(21)12-4-3-9-26-12/h3-4,9-10H,2,5-8H2,1H3,(H,17,18,21). The van der Waals surface area contributed by atoms with Crippen LogP contribution in [0, 0.1) is 0 Å². The minimum atomic E-state index is -0.375. The van der Waals surface area contributed by atoms with Gasteiger partial charge in [-0.2, -0.15) is 4.98 Å². The molecule has 1 fully saturated rings. The molecule has 0 saturated carbocycles.